The third kappa shape index (κ3) is 2.51. The number of hydrogen-bond acceptors (Lipinski definition) is 4. The number of hydrogen-bond donors (Lipinski definition) is 2. The third-order valence-corrected chi connectivity index (χ3v) is 3.43. The van der Waals surface area contributed by atoms with Crippen LogP contribution in [0.5, 0.6) is 0 Å². The van der Waals surface area contributed by atoms with Crippen LogP contribution in [0.25, 0.3) is 10.9 Å². The Kier molecular flexibility index (Phi) is 3.39. The maximum Gasteiger partial charge on any atom is 0.137 e. The van der Waals surface area contributed by atoms with Crippen LogP contribution in [0.15, 0.2) is 48.8 Å². The summed E-state index contributed by atoms with van der Waals surface area (Å²) in [6, 6.07) is 13.3. The van der Waals surface area contributed by atoms with E-state index in [-0.39, 0.29) is 0 Å². The summed E-state index contributed by atoms with van der Waals surface area (Å²) in [4.78, 5) is 8.49. The van der Waals surface area contributed by atoms with Gasteiger partial charge in [-0.3, -0.25) is 0 Å². The Hall–Kier alpha value is -2.33. The topological polar surface area (TPSA) is 63.8 Å². The second-order valence-corrected chi connectivity index (χ2v) is 4.85. The van der Waals surface area contributed by atoms with E-state index < -0.39 is 0 Å². The van der Waals surface area contributed by atoms with Crippen molar-refractivity contribution in [1.29, 1.82) is 0 Å². The van der Waals surface area contributed by atoms with E-state index in [1.165, 1.54) is 6.33 Å². The van der Waals surface area contributed by atoms with Crippen LogP contribution in [0, 0.1) is 0 Å². The van der Waals surface area contributed by atoms with E-state index in [1.807, 2.05) is 42.5 Å². The van der Waals surface area contributed by atoms with Gasteiger partial charge in [0.1, 0.15) is 12.1 Å². The molecule has 3 N–H and O–H groups in total. The molecule has 0 aliphatic carbocycles. The molecule has 1 heterocycles. The Morgan fingerprint density at radius 2 is 1.95 bits per heavy atom. The van der Waals surface area contributed by atoms with Crippen molar-refractivity contribution in [2.45, 2.75) is 6.54 Å². The smallest absolute Gasteiger partial charge is 0.137 e. The minimum atomic E-state index is 0.598. The van der Waals surface area contributed by atoms with Crippen molar-refractivity contribution in [1.82, 2.24) is 9.97 Å². The van der Waals surface area contributed by atoms with Gasteiger partial charge >= 0.3 is 0 Å². The number of halogens is 1. The molecule has 0 aliphatic heterocycles. The Morgan fingerprint density at radius 3 is 2.80 bits per heavy atom. The molecule has 5 heteroatoms. The zero-order valence-corrected chi connectivity index (χ0v) is 11.4. The van der Waals surface area contributed by atoms with Crippen LogP contribution in [0.1, 0.15) is 5.56 Å². The van der Waals surface area contributed by atoms with Gasteiger partial charge in [0.15, 0.2) is 0 Å². The summed E-state index contributed by atoms with van der Waals surface area (Å²) in [6.45, 7) is 0.598. The summed E-state index contributed by atoms with van der Waals surface area (Å²) in [7, 11) is 0. The standard InChI is InChI=1S/C15H13ClN4/c16-13-4-2-1-3-10(13)8-18-15-12-7-11(17)5-6-14(12)19-9-20-15/h1-7,9H,8,17H2,(H,18,19,20). The van der Waals surface area contributed by atoms with Crippen LogP contribution in [-0.4, -0.2) is 9.97 Å². The molecule has 0 amide bonds. The van der Waals surface area contributed by atoms with Crippen molar-refractivity contribution in [3.8, 4) is 0 Å². The minimum Gasteiger partial charge on any atom is -0.399 e. The number of nitrogens with zero attached hydrogens (tertiary/aromatic N) is 2. The molecular formula is C15H13ClN4. The average molecular weight is 285 g/mol. The lowest BCUT2D eigenvalue weighted by Gasteiger charge is -2.09. The Bertz CT molecular complexity index is 758. The maximum absolute atomic E-state index is 6.14. The SMILES string of the molecule is Nc1ccc2ncnc(NCc3ccccc3Cl)c2c1. The molecule has 20 heavy (non-hydrogen) atoms. The van der Waals surface area contributed by atoms with Crippen molar-refractivity contribution in [2.75, 3.05) is 11.1 Å². The van der Waals surface area contributed by atoms with Crippen LogP contribution < -0.4 is 11.1 Å². The van der Waals surface area contributed by atoms with Crippen LogP contribution >= 0.6 is 11.6 Å². The van der Waals surface area contributed by atoms with Gasteiger partial charge in [-0.1, -0.05) is 29.8 Å². The Labute approximate surface area is 121 Å². The third-order valence-electron chi connectivity index (χ3n) is 3.06. The maximum atomic E-state index is 6.14. The molecular weight excluding hydrogens is 272 g/mol. The highest BCUT2D eigenvalue weighted by Crippen LogP contribution is 2.23. The van der Waals surface area contributed by atoms with Gasteiger partial charge in [-0.2, -0.15) is 0 Å². The van der Waals surface area contributed by atoms with Gasteiger partial charge in [0, 0.05) is 22.6 Å². The lowest BCUT2D eigenvalue weighted by Crippen LogP contribution is -2.03. The summed E-state index contributed by atoms with van der Waals surface area (Å²) >= 11 is 6.14. The molecule has 0 spiro atoms. The molecule has 3 rings (SSSR count). The van der Waals surface area contributed by atoms with Gasteiger partial charge < -0.3 is 11.1 Å². The van der Waals surface area contributed by atoms with E-state index in [0.29, 0.717) is 12.2 Å². The molecule has 0 fully saturated rings. The van der Waals surface area contributed by atoms with Gasteiger partial charge in [-0.25, -0.2) is 9.97 Å². The first-order chi connectivity index (χ1) is 9.74. The lowest BCUT2D eigenvalue weighted by atomic mass is 10.2. The van der Waals surface area contributed by atoms with Crippen molar-refractivity contribution >= 4 is 34.0 Å². The highest BCUT2D eigenvalue weighted by molar-refractivity contribution is 6.31. The molecule has 0 radical (unpaired) electrons. The van der Waals surface area contributed by atoms with E-state index in [1.54, 1.807) is 0 Å². The first-order valence-corrected chi connectivity index (χ1v) is 6.59. The fraction of sp³-hybridized carbons (Fsp3) is 0.0667. The largest absolute Gasteiger partial charge is 0.399 e. The number of nitrogens with two attached hydrogens (primary N) is 1. The molecule has 0 bridgehead atoms. The van der Waals surface area contributed by atoms with Crippen molar-refractivity contribution in [3.05, 3.63) is 59.4 Å². The summed E-state index contributed by atoms with van der Waals surface area (Å²) in [6.07, 6.45) is 1.54. The molecule has 0 saturated carbocycles. The number of aromatic nitrogens is 2. The minimum absolute atomic E-state index is 0.598. The zero-order valence-electron chi connectivity index (χ0n) is 10.7. The number of anilines is 2. The Morgan fingerprint density at radius 1 is 1.10 bits per heavy atom. The van der Waals surface area contributed by atoms with Gasteiger partial charge in [0.2, 0.25) is 0 Å². The van der Waals surface area contributed by atoms with Crippen LogP contribution in [0.3, 0.4) is 0 Å². The van der Waals surface area contributed by atoms with E-state index in [4.69, 9.17) is 17.3 Å². The molecule has 4 nitrogen and oxygen atoms in total. The zero-order chi connectivity index (χ0) is 13.9. The normalized spacial score (nSPS) is 10.7. The second kappa shape index (κ2) is 5.35. The molecule has 2 aromatic carbocycles. The van der Waals surface area contributed by atoms with Crippen molar-refractivity contribution < 1.29 is 0 Å². The molecule has 1 aromatic heterocycles. The molecule has 0 saturated heterocycles. The molecule has 3 aromatic rings. The summed E-state index contributed by atoms with van der Waals surface area (Å²) in [5.74, 6) is 0.752. The number of fused-ring (bicyclic) bond motifs is 1. The van der Waals surface area contributed by atoms with E-state index in [2.05, 4.69) is 15.3 Å². The van der Waals surface area contributed by atoms with Gasteiger partial charge in [-0.15, -0.1) is 0 Å². The molecule has 100 valence electrons. The van der Waals surface area contributed by atoms with E-state index in [9.17, 15) is 0 Å². The van der Waals surface area contributed by atoms with E-state index >= 15 is 0 Å². The highest BCUT2D eigenvalue weighted by Gasteiger charge is 2.05. The van der Waals surface area contributed by atoms with Gasteiger partial charge in [-0.05, 0) is 29.8 Å². The van der Waals surface area contributed by atoms with Gasteiger partial charge in [0.25, 0.3) is 0 Å². The second-order valence-electron chi connectivity index (χ2n) is 4.44. The first kappa shape index (κ1) is 12.7. The fourth-order valence-corrected chi connectivity index (χ4v) is 2.24. The predicted molar refractivity (Wildman–Crippen MR) is 82.7 cm³/mol. The monoisotopic (exact) mass is 284 g/mol. The van der Waals surface area contributed by atoms with Crippen molar-refractivity contribution in [2.24, 2.45) is 0 Å². The number of nitrogen functional groups attached to an aromatic ring is 1. The summed E-state index contributed by atoms with van der Waals surface area (Å²) in [5.41, 5.74) is 8.38. The fourth-order valence-electron chi connectivity index (χ4n) is 2.04. The first-order valence-electron chi connectivity index (χ1n) is 6.21. The number of rotatable bonds is 3. The van der Waals surface area contributed by atoms with Crippen LogP contribution in [0.4, 0.5) is 11.5 Å². The molecule has 0 unspecified atom stereocenters. The molecule has 0 atom stereocenters. The summed E-state index contributed by atoms with van der Waals surface area (Å²) < 4.78 is 0. The Balaban J connectivity index is 1.91. The number of nitrogens with one attached hydrogen (secondary N) is 1. The highest BCUT2D eigenvalue weighted by atomic mass is 35.5. The number of benzene rings is 2. The van der Waals surface area contributed by atoms with Crippen molar-refractivity contribution in [3.63, 3.8) is 0 Å². The average Bonchev–Trinajstić information content (AvgIpc) is 2.46. The van der Waals surface area contributed by atoms with Gasteiger partial charge in [0.05, 0.1) is 5.52 Å². The summed E-state index contributed by atoms with van der Waals surface area (Å²) in [5, 5.41) is 4.92. The lowest BCUT2D eigenvalue weighted by molar-refractivity contribution is 1.10. The predicted octanol–water partition coefficient (Wildman–Crippen LogP) is 3.48. The van der Waals surface area contributed by atoms with Crippen LogP contribution in [0.2, 0.25) is 5.02 Å². The molecule has 0 aliphatic rings. The van der Waals surface area contributed by atoms with E-state index in [0.717, 1.165) is 27.3 Å². The quantitative estimate of drug-likeness (QED) is 0.723. The van der Waals surface area contributed by atoms with Crippen LogP contribution in [-0.2, 0) is 6.54 Å².